The van der Waals surface area contributed by atoms with Gasteiger partial charge in [0.2, 0.25) is 0 Å². The number of nitrogens with one attached hydrogen (secondary N) is 2. The molecule has 1 fully saturated rings. The van der Waals surface area contributed by atoms with Crippen LogP contribution in [0.1, 0.15) is 45.4 Å². The Balaban J connectivity index is 2.12. The van der Waals surface area contributed by atoms with Gasteiger partial charge in [-0.3, -0.25) is 0 Å². The van der Waals surface area contributed by atoms with E-state index in [0.29, 0.717) is 12.1 Å². The molecule has 1 aromatic heterocycles. The van der Waals surface area contributed by atoms with Crippen molar-refractivity contribution in [1.29, 1.82) is 0 Å². The maximum Gasteiger partial charge on any atom is 0.133 e. The van der Waals surface area contributed by atoms with E-state index in [-0.39, 0.29) is 0 Å². The molecule has 1 saturated carbocycles. The van der Waals surface area contributed by atoms with Gasteiger partial charge in [-0.05, 0) is 32.6 Å². The van der Waals surface area contributed by atoms with Gasteiger partial charge in [-0.15, -0.1) is 0 Å². The normalized spacial score (nSPS) is 21.9. The molecule has 5 nitrogen and oxygen atoms in total. The molecule has 0 amide bonds. The number of hydrogen-bond donors (Lipinski definition) is 2. The summed E-state index contributed by atoms with van der Waals surface area (Å²) in [5, 5.41) is 6.80. The van der Waals surface area contributed by atoms with Crippen molar-refractivity contribution in [3.8, 4) is 0 Å². The molecule has 1 aromatic rings. The van der Waals surface area contributed by atoms with Crippen LogP contribution in [0.2, 0.25) is 0 Å². The highest BCUT2D eigenvalue weighted by Gasteiger charge is 2.27. The van der Waals surface area contributed by atoms with Crippen LogP contribution in [0.15, 0.2) is 6.07 Å². The SMILES string of the molecule is CCCc1nc(NCC)cc(NC2CCCC2OC)n1. The van der Waals surface area contributed by atoms with Gasteiger partial charge in [0.1, 0.15) is 17.5 Å². The molecule has 5 heteroatoms. The van der Waals surface area contributed by atoms with Crippen LogP contribution in [-0.2, 0) is 11.2 Å². The Kier molecular flexibility index (Phi) is 5.59. The molecule has 1 heterocycles. The molecule has 2 rings (SSSR count). The molecule has 0 spiro atoms. The Bertz CT molecular complexity index is 400. The first-order chi connectivity index (χ1) is 9.76. The van der Waals surface area contributed by atoms with Gasteiger partial charge in [0, 0.05) is 26.1 Å². The van der Waals surface area contributed by atoms with Crippen molar-refractivity contribution in [3.63, 3.8) is 0 Å². The quantitative estimate of drug-likeness (QED) is 0.803. The van der Waals surface area contributed by atoms with Gasteiger partial charge in [-0.25, -0.2) is 9.97 Å². The molecule has 0 saturated heterocycles. The first kappa shape index (κ1) is 15.0. The van der Waals surface area contributed by atoms with E-state index in [4.69, 9.17) is 4.74 Å². The Morgan fingerprint density at radius 2 is 2.05 bits per heavy atom. The van der Waals surface area contributed by atoms with E-state index in [9.17, 15) is 0 Å². The van der Waals surface area contributed by atoms with Crippen LogP contribution in [-0.4, -0.2) is 35.8 Å². The second-order valence-electron chi connectivity index (χ2n) is 5.29. The highest BCUT2D eigenvalue weighted by Crippen LogP contribution is 2.25. The van der Waals surface area contributed by atoms with E-state index in [1.807, 2.05) is 6.07 Å². The van der Waals surface area contributed by atoms with Crippen LogP contribution in [0.4, 0.5) is 11.6 Å². The van der Waals surface area contributed by atoms with Gasteiger partial charge >= 0.3 is 0 Å². The van der Waals surface area contributed by atoms with Gasteiger partial charge in [-0.2, -0.15) is 0 Å². The Morgan fingerprint density at radius 3 is 2.75 bits per heavy atom. The summed E-state index contributed by atoms with van der Waals surface area (Å²) in [6.45, 7) is 5.09. The number of rotatable bonds is 7. The number of aryl methyl sites for hydroxylation is 1. The molecule has 2 atom stereocenters. The molecule has 2 unspecified atom stereocenters. The van der Waals surface area contributed by atoms with Crippen molar-refractivity contribution in [3.05, 3.63) is 11.9 Å². The van der Waals surface area contributed by atoms with E-state index in [2.05, 4.69) is 34.4 Å². The maximum atomic E-state index is 5.53. The minimum atomic E-state index is 0.294. The molecule has 2 N–H and O–H groups in total. The molecule has 0 bridgehead atoms. The predicted octanol–water partition coefficient (Wildman–Crippen LogP) is 2.84. The minimum absolute atomic E-state index is 0.294. The van der Waals surface area contributed by atoms with Gasteiger partial charge in [-0.1, -0.05) is 6.92 Å². The number of ether oxygens (including phenoxy) is 1. The van der Waals surface area contributed by atoms with Crippen LogP contribution < -0.4 is 10.6 Å². The van der Waals surface area contributed by atoms with E-state index < -0.39 is 0 Å². The summed E-state index contributed by atoms with van der Waals surface area (Å²) in [6, 6.07) is 2.35. The lowest BCUT2D eigenvalue weighted by molar-refractivity contribution is 0.101. The molecule has 1 aliphatic carbocycles. The largest absolute Gasteiger partial charge is 0.379 e. The minimum Gasteiger partial charge on any atom is -0.379 e. The van der Waals surface area contributed by atoms with Crippen LogP contribution in [0.5, 0.6) is 0 Å². The Hall–Kier alpha value is -1.36. The molecule has 1 aliphatic rings. The third-order valence-corrected chi connectivity index (χ3v) is 3.69. The maximum absolute atomic E-state index is 5.53. The lowest BCUT2D eigenvalue weighted by Gasteiger charge is -2.20. The van der Waals surface area contributed by atoms with Crippen LogP contribution in [0.3, 0.4) is 0 Å². The topological polar surface area (TPSA) is 59.1 Å². The lowest BCUT2D eigenvalue weighted by atomic mass is 10.2. The molecular weight excluding hydrogens is 252 g/mol. The zero-order valence-corrected chi connectivity index (χ0v) is 12.8. The number of hydrogen-bond acceptors (Lipinski definition) is 5. The van der Waals surface area contributed by atoms with Crippen molar-refractivity contribution >= 4 is 11.6 Å². The fourth-order valence-corrected chi connectivity index (χ4v) is 2.74. The summed E-state index contributed by atoms with van der Waals surface area (Å²) in [5.74, 6) is 2.72. The summed E-state index contributed by atoms with van der Waals surface area (Å²) in [4.78, 5) is 9.15. The second-order valence-corrected chi connectivity index (χ2v) is 5.29. The van der Waals surface area contributed by atoms with Crippen LogP contribution in [0, 0.1) is 0 Å². The summed E-state index contributed by atoms with van der Waals surface area (Å²) in [6.07, 6.45) is 5.74. The summed E-state index contributed by atoms with van der Waals surface area (Å²) < 4.78 is 5.53. The Morgan fingerprint density at radius 1 is 1.25 bits per heavy atom. The van der Waals surface area contributed by atoms with Crippen molar-refractivity contribution < 1.29 is 4.74 Å². The monoisotopic (exact) mass is 278 g/mol. The second kappa shape index (κ2) is 7.43. The van der Waals surface area contributed by atoms with Crippen molar-refractivity contribution in [2.24, 2.45) is 0 Å². The van der Waals surface area contributed by atoms with Crippen molar-refractivity contribution in [2.45, 2.75) is 58.1 Å². The highest BCUT2D eigenvalue weighted by atomic mass is 16.5. The zero-order chi connectivity index (χ0) is 14.4. The molecule has 0 aliphatic heterocycles. The fourth-order valence-electron chi connectivity index (χ4n) is 2.74. The molecule has 0 radical (unpaired) electrons. The number of methoxy groups -OCH3 is 1. The van der Waals surface area contributed by atoms with Crippen LogP contribution in [0.25, 0.3) is 0 Å². The zero-order valence-electron chi connectivity index (χ0n) is 12.8. The van der Waals surface area contributed by atoms with E-state index in [0.717, 1.165) is 49.7 Å². The molecule has 112 valence electrons. The third-order valence-electron chi connectivity index (χ3n) is 3.69. The Labute approximate surface area is 121 Å². The third kappa shape index (κ3) is 3.82. The van der Waals surface area contributed by atoms with Gasteiger partial charge < -0.3 is 15.4 Å². The first-order valence-corrected chi connectivity index (χ1v) is 7.68. The summed E-state index contributed by atoms with van der Waals surface area (Å²) in [5.41, 5.74) is 0. The summed E-state index contributed by atoms with van der Waals surface area (Å²) >= 11 is 0. The highest BCUT2D eigenvalue weighted by molar-refractivity contribution is 5.48. The smallest absolute Gasteiger partial charge is 0.133 e. The van der Waals surface area contributed by atoms with Gasteiger partial charge in [0.25, 0.3) is 0 Å². The molecule has 0 aromatic carbocycles. The first-order valence-electron chi connectivity index (χ1n) is 7.68. The average molecular weight is 278 g/mol. The van der Waals surface area contributed by atoms with Gasteiger partial charge in [0.15, 0.2) is 0 Å². The van der Waals surface area contributed by atoms with E-state index in [1.54, 1.807) is 7.11 Å². The molecule has 20 heavy (non-hydrogen) atoms. The standard InChI is InChI=1S/C15H26N4O/c1-4-7-13-18-14(16-5-2)10-15(19-13)17-11-8-6-9-12(11)20-3/h10-12H,4-9H2,1-3H3,(H2,16,17,18,19). The lowest BCUT2D eigenvalue weighted by Crippen LogP contribution is -2.30. The van der Waals surface area contributed by atoms with Gasteiger partial charge in [0.05, 0.1) is 12.1 Å². The predicted molar refractivity (Wildman–Crippen MR) is 82.2 cm³/mol. The molecular formula is C15H26N4O. The number of anilines is 2. The van der Waals surface area contributed by atoms with E-state index in [1.165, 1.54) is 6.42 Å². The van der Waals surface area contributed by atoms with Crippen molar-refractivity contribution in [2.75, 3.05) is 24.3 Å². The van der Waals surface area contributed by atoms with E-state index >= 15 is 0 Å². The van der Waals surface area contributed by atoms with Crippen LogP contribution >= 0.6 is 0 Å². The number of aromatic nitrogens is 2. The average Bonchev–Trinajstić information content (AvgIpc) is 2.86. The summed E-state index contributed by atoms with van der Waals surface area (Å²) in [7, 11) is 1.79. The van der Waals surface area contributed by atoms with Crippen molar-refractivity contribution in [1.82, 2.24) is 9.97 Å². The number of nitrogens with zero attached hydrogens (tertiary/aromatic N) is 2. The fraction of sp³-hybridized carbons (Fsp3) is 0.733.